The molecule has 1 heterocycles. The zero-order valence-corrected chi connectivity index (χ0v) is 10.2. The third-order valence-corrected chi connectivity index (χ3v) is 3.22. The molecule has 1 fully saturated rings. The smallest absolute Gasteiger partial charge is 0.149 e. The van der Waals surface area contributed by atoms with E-state index in [9.17, 15) is 8.78 Å². The molecule has 0 aromatic heterocycles. The van der Waals surface area contributed by atoms with E-state index in [1.165, 1.54) is 6.07 Å². The normalized spacial score (nSPS) is 20.1. The molecule has 0 aliphatic carbocycles. The molecule has 1 aliphatic heterocycles. The van der Waals surface area contributed by atoms with E-state index in [1.54, 1.807) is 0 Å². The van der Waals surface area contributed by atoms with Crippen molar-refractivity contribution in [3.63, 3.8) is 0 Å². The van der Waals surface area contributed by atoms with Crippen LogP contribution in [0, 0.1) is 17.6 Å². The molecular formula is C11H12BrF2NO. The summed E-state index contributed by atoms with van der Waals surface area (Å²) in [4.78, 5) is 0. The number of nitrogens with one attached hydrogen (secondary N) is 1. The van der Waals surface area contributed by atoms with E-state index in [-0.39, 0.29) is 4.47 Å². The van der Waals surface area contributed by atoms with E-state index in [4.69, 9.17) is 4.74 Å². The lowest BCUT2D eigenvalue weighted by molar-refractivity contribution is 0.187. The first-order chi connectivity index (χ1) is 7.66. The fourth-order valence-corrected chi connectivity index (χ4v) is 2.00. The minimum absolute atomic E-state index is 0.263. The van der Waals surface area contributed by atoms with Crippen molar-refractivity contribution in [1.82, 2.24) is 0 Å². The summed E-state index contributed by atoms with van der Waals surface area (Å²) < 4.78 is 31.8. The Kier molecular flexibility index (Phi) is 3.76. The second-order valence-electron chi connectivity index (χ2n) is 3.86. The Hall–Kier alpha value is -0.680. The quantitative estimate of drug-likeness (QED) is 0.864. The Balaban J connectivity index is 2.00. The fourth-order valence-electron chi connectivity index (χ4n) is 1.66. The van der Waals surface area contributed by atoms with Gasteiger partial charge in [0.2, 0.25) is 0 Å². The van der Waals surface area contributed by atoms with Crippen LogP contribution in [0.3, 0.4) is 0 Å². The van der Waals surface area contributed by atoms with Crippen LogP contribution in [0.4, 0.5) is 14.5 Å². The van der Waals surface area contributed by atoms with Crippen molar-refractivity contribution < 1.29 is 13.5 Å². The van der Waals surface area contributed by atoms with E-state index < -0.39 is 11.6 Å². The van der Waals surface area contributed by atoms with Crippen LogP contribution in [0.5, 0.6) is 0 Å². The largest absolute Gasteiger partial charge is 0.382 e. The van der Waals surface area contributed by atoms with Gasteiger partial charge in [0, 0.05) is 25.1 Å². The van der Waals surface area contributed by atoms with Crippen LogP contribution < -0.4 is 5.32 Å². The number of benzene rings is 1. The van der Waals surface area contributed by atoms with Gasteiger partial charge in [0.1, 0.15) is 11.6 Å². The Morgan fingerprint density at radius 2 is 2.19 bits per heavy atom. The summed E-state index contributed by atoms with van der Waals surface area (Å²) >= 11 is 3.03. The molecule has 1 aromatic carbocycles. The summed E-state index contributed by atoms with van der Waals surface area (Å²) in [6, 6.07) is 2.29. The molecule has 1 atom stereocenters. The Morgan fingerprint density at radius 3 is 2.88 bits per heavy atom. The van der Waals surface area contributed by atoms with Gasteiger partial charge in [-0.05, 0) is 28.4 Å². The van der Waals surface area contributed by atoms with Gasteiger partial charge in [0.05, 0.1) is 16.8 Å². The highest BCUT2D eigenvalue weighted by molar-refractivity contribution is 9.10. The molecule has 0 spiro atoms. The lowest BCUT2D eigenvalue weighted by Gasteiger charge is -2.12. The lowest BCUT2D eigenvalue weighted by atomic mass is 10.1. The average molecular weight is 292 g/mol. The van der Waals surface area contributed by atoms with Gasteiger partial charge in [0.25, 0.3) is 0 Å². The second kappa shape index (κ2) is 5.10. The van der Waals surface area contributed by atoms with E-state index in [0.717, 1.165) is 19.1 Å². The summed E-state index contributed by atoms with van der Waals surface area (Å²) in [7, 11) is 0. The van der Waals surface area contributed by atoms with Crippen molar-refractivity contribution >= 4 is 21.6 Å². The zero-order valence-electron chi connectivity index (χ0n) is 8.60. The number of hydrogen-bond acceptors (Lipinski definition) is 2. The van der Waals surface area contributed by atoms with Gasteiger partial charge >= 0.3 is 0 Å². The molecule has 0 amide bonds. The maximum Gasteiger partial charge on any atom is 0.149 e. The van der Waals surface area contributed by atoms with E-state index in [0.29, 0.717) is 24.8 Å². The van der Waals surface area contributed by atoms with Gasteiger partial charge in [-0.1, -0.05) is 0 Å². The first kappa shape index (κ1) is 11.8. The van der Waals surface area contributed by atoms with E-state index in [1.807, 2.05) is 0 Å². The van der Waals surface area contributed by atoms with Gasteiger partial charge in [-0.25, -0.2) is 8.78 Å². The van der Waals surface area contributed by atoms with Gasteiger partial charge in [0.15, 0.2) is 0 Å². The minimum atomic E-state index is -0.591. The highest BCUT2D eigenvalue weighted by Crippen LogP contribution is 2.24. The Labute approximate surface area is 101 Å². The van der Waals surface area contributed by atoms with Gasteiger partial charge < -0.3 is 10.1 Å². The molecule has 2 rings (SSSR count). The summed E-state index contributed by atoms with van der Waals surface area (Å²) in [6.07, 6.45) is 0.983. The van der Waals surface area contributed by atoms with Crippen LogP contribution in [0.1, 0.15) is 6.42 Å². The molecular weight excluding hydrogens is 280 g/mol. The van der Waals surface area contributed by atoms with Gasteiger partial charge in [-0.15, -0.1) is 0 Å². The maximum absolute atomic E-state index is 13.3. The van der Waals surface area contributed by atoms with Crippen molar-refractivity contribution in [2.24, 2.45) is 5.92 Å². The van der Waals surface area contributed by atoms with Crippen LogP contribution >= 0.6 is 15.9 Å². The number of halogens is 3. The van der Waals surface area contributed by atoms with Gasteiger partial charge in [-0.2, -0.15) is 0 Å². The molecule has 16 heavy (non-hydrogen) atoms. The molecule has 1 N–H and O–H groups in total. The monoisotopic (exact) mass is 291 g/mol. The van der Waals surface area contributed by atoms with Gasteiger partial charge in [-0.3, -0.25) is 0 Å². The summed E-state index contributed by atoms with van der Waals surface area (Å²) in [5.74, 6) is -0.755. The predicted molar refractivity (Wildman–Crippen MR) is 61.5 cm³/mol. The highest BCUT2D eigenvalue weighted by Gasteiger charge is 2.16. The molecule has 0 saturated carbocycles. The van der Waals surface area contributed by atoms with Crippen LogP contribution in [-0.4, -0.2) is 19.8 Å². The first-order valence-corrected chi connectivity index (χ1v) is 5.92. The van der Waals surface area contributed by atoms with Crippen molar-refractivity contribution in [2.45, 2.75) is 6.42 Å². The number of hydrogen-bond donors (Lipinski definition) is 1. The van der Waals surface area contributed by atoms with Crippen molar-refractivity contribution in [3.05, 3.63) is 28.2 Å². The zero-order chi connectivity index (χ0) is 11.5. The van der Waals surface area contributed by atoms with Crippen LogP contribution in [0.2, 0.25) is 0 Å². The highest BCUT2D eigenvalue weighted by atomic mass is 79.9. The second-order valence-corrected chi connectivity index (χ2v) is 4.71. The molecule has 1 aromatic rings. The number of anilines is 1. The molecule has 0 bridgehead atoms. The Bertz CT molecular complexity index is 380. The Morgan fingerprint density at radius 1 is 1.38 bits per heavy atom. The summed E-state index contributed by atoms with van der Waals surface area (Å²) in [5.41, 5.74) is 0.320. The lowest BCUT2D eigenvalue weighted by Crippen LogP contribution is -2.14. The average Bonchev–Trinajstić information content (AvgIpc) is 2.74. The first-order valence-electron chi connectivity index (χ1n) is 5.13. The summed E-state index contributed by atoms with van der Waals surface area (Å²) in [5, 5.41) is 2.97. The third kappa shape index (κ3) is 2.71. The number of ether oxygens (including phenoxy) is 1. The molecule has 88 valence electrons. The van der Waals surface area contributed by atoms with Crippen molar-refractivity contribution in [2.75, 3.05) is 25.1 Å². The minimum Gasteiger partial charge on any atom is -0.382 e. The van der Waals surface area contributed by atoms with Crippen molar-refractivity contribution in [3.8, 4) is 0 Å². The molecule has 1 aliphatic rings. The van der Waals surface area contributed by atoms with Crippen molar-refractivity contribution in [1.29, 1.82) is 0 Å². The SMILES string of the molecule is Fc1cc(F)c(NCC2CCOC2)cc1Br. The molecule has 1 saturated heterocycles. The maximum atomic E-state index is 13.3. The van der Waals surface area contributed by atoms with Crippen LogP contribution in [-0.2, 0) is 4.74 Å². The molecule has 1 unspecified atom stereocenters. The topological polar surface area (TPSA) is 21.3 Å². The number of rotatable bonds is 3. The fraction of sp³-hybridized carbons (Fsp3) is 0.455. The third-order valence-electron chi connectivity index (χ3n) is 2.62. The summed E-state index contributed by atoms with van der Waals surface area (Å²) in [6.45, 7) is 2.12. The van der Waals surface area contributed by atoms with Crippen LogP contribution in [0.25, 0.3) is 0 Å². The standard InChI is InChI=1S/C11H12BrF2NO/c12-8-3-11(10(14)4-9(8)13)15-5-7-1-2-16-6-7/h3-4,7,15H,1-2,5-6H2. The predicted octanol–water partition coefficient (Wildman–Crippen LogP) is 3.18. The molecule has 2 nitrogen and oxygen atoms in total. The van der Waals surface area contributed by atoms with Crippen LogP contribution in [0.15, 0.2) is 16.6 Å². The van der Waals surface area contributed by atoms with E-state index in [2.05, 4.69) is 21.2 Å². The molecule has 0 radical (unpaired) electrons. The van der Waals surface area contributed by atoms with E-state index >= 15 is 0 Å². The molecule has 5 heteroatoms.